The van der Waals surface area contributed by atoms with Crippen LogP contribution in [0.5, 0.6) is 0 Å². The van der Waals surface area contributed by atoms with Gasteiger partial charge in [0, 0.05) is 5.69 Å². The summed E-state index contributed by atoms with van der Waals surface area (Å²) in [5.41, 5.74) is 3.41. The molecule has 2 N–H and O–H groups in total. The lowest BCUT2D eigenvalue weighted by molar-refractivity contribution is -0.897. The first-order chi connectivity index (χ1) is 14.0. The first-order valence-corrected chi connectivity index (χ1v) is 10.8. The number of likely N-dealkylation sites (tertiary alicyclic amines) is 1. The number of aryl methyl sites for hydroxylation is 1. The number of esters is 1. The van der Waals surface area contributed by atoms with E-state index in [9.17, 15) is 9.59 Å². The van der Waals surface area contributed by atoms with E-state index < -0.39 is 5.97 Å². The van der Waals surface area contributed by atoms with Gasteiger partial charge >= 0.3 is 5.97 Å². The Morgan fingerprint density at radius 3 is 2.86 bits per heavy atom. The number of para-hydroxylation sites is 1. The van der Waals surface area contributed by atoms with Gasteiger partial charge in [0.2, 0.25) is 5.78 Å². The highest BCUT2D eigenvalue weighted by molar-refractivity contribution is 7.18. The molecule has 0 bridgehead atoms. The summed E-state index contributed by atoms with van der Waals surface area (Å²) in [6, 6.07) is 8.24. The molecule has 7 heteroatoms. The molecular formula is C22H26N3O3S+. The number of aromatic nitrogens is 2. The second-order valence-electron chi connectivity index (χ2n) is 7.78. The number of benzene rings is 1. The number of fused-ring (bicyclic) bond motifs is 1. The number of quaternary nitrogens is 1. The van der Waals surface area contributed by atoms with Gasteiger partial charge in [0.15, 0.2) is 0 Å². The Morgan fingerprint density at radius 1 is 1.31 bits per heavy atom. The molecule has 1 fully saturated rings. The van der Waals surface area contributed by atoms with Gasteiger partial charge in [-0.25, -0.2) is 9.78 Å². The van der Waals surface area contributed by atoms with E-state index in [-0.39, 0.29) is 5.78 Å². The van der Waals surface area contributed by atoms with Gasteiger partial charge in [-0.15, -0.1) is 11.3 Å². The van der Waals surface area contributed by atoms with Crippen LogP contribution in [0.3, 0.4) is 0 Å². The molecule has 0 radical (unpaired) electrons. The van der Waals surface area contributed by atoms with E-state index in [1.807, 2.05) is 12.1 Å². The second kappa shape index (κ2) is 8.08. The van der Waals surface area contributed by atoms with E-state index in [0.717, 1.165) is 31.4 Å². The van der Waals surface area contributed by atoms with Crippen molar-refractivity contribution in [1.29, 1.82) is 0 Å². The lowest BCUT2D eigenvalue weighted by Crippen LogP contribution is -3.14. The number of ketones is 1. The Balaban J connectivity index is 1.48. The lowest BCUT2D eigenvalue weighted by atomic mass is 9.98. The Bertz CT molecular complexity index is 1040. The number of hydrogen-bond donors (Lipinski definition) is 2. The average molecular weight is 413 g/mol. The van der Waals surface area contributed by atoms with Gasteiger partial charge in [0.25, 0.3) is 0 Å². The van der Waals surface area contributed by atoms with Gasteiger partial charge in [-0.3, -0.25) is 4.79 Å². The summed E-state index contributed by atoms with van der Waals surface area (Å²) in [6.45, 7) is 5.91. The van der Waals surface area contributed by atoms with E-state index in [1.54, 1.807) is 25.2 Å². The summed E-state index contributed by atoms with van der Waals surface area (Å²) in [7, 11) is 1.36. The fourth-order valence-electron chi connectivity index (χ4n) is 4.34. The summed E-state index contributed by atoms with van der Waals surface area (Å²) in [6.07, 6.45) is 2.20. The molecule has 1 unspecified atom stereocenters. The lowest BCUT2D eigenvalue weighted by Gasteiger charge is -2.28. The van der Waals surface area contributed by atoms with Crippen LogP contribution in [0.1, 0.15) is 55.9 Å². The molecule has 152 valence electrons. The van der Waals surface area contributed by atoms with Crippen molar-refractivity contribution in [2.75, 3.05) is 26.7 Å². The van der Waals surface area contributed by atoms with Crippen molar-refractivity contribution in [3.05, 3.63) is 51.8 Å². The quantitative estimate of drug-likeness (QED) is 0.499. The molecule has 1 saturated heterocycles. The number of aromatic amines is 1. The predicted octanol–water partition coefficient (Wildman–Crippen LogP) is 2.67. The molecular weight excluding hydrogens is 386 g/mol. The monoisotopic (exact) mass is 412 g/mol. The molecule has 6 nitrogen and oxygen atoms in total. The van der Waals surface area contributed by atoms with Crippen molar-refractivity contribution in [3.63, 3.8) is 0 Å². The minimum absolute atomic E-state index is 0.0423. The third kappa shape index (κ3) is 3.84. The third-order valence-corrected chi connectivity index (χ3v) is 6.99. The Morgan fingerprint density at radius 2 is 2.10 bits per heavy atom. The number of methoxy groups -OCH3 is 1. The van der Waals surface area contributed by atoms with Crippen LogP contribution in [-0.2, 0) is 4.74 Å². The molecule has 1 aliphatic rings. The second-order valence-corrected chi connectivity index (χ2v) is 8.84. The van der Waals surface area contributed by atoms with Crippen molar-refractivity contribution < 1.29 is 19.2 Å². The molecule has 1 aromatic carbocycles. The maximum absolute atomic E-state index is 13.0. The largest absolute Gasteiger partial charge is 0.465 e. The van der Waals surface area contributed by atoms with E-state index in [1.165, 1.54) is 21.7 Å². The van der Waals surface area contributed by atoms with Gasteiger partial charge in [0.1, 0.15) is 11.6 Å². The number of Topliss-reactive ketones (excluding diaryl/α,β-unsaturated/α-hetero) is 1. The highest BCUT2D eigenvalue weighted by Crippen LogP contribution is 2.30. The number of H-pyrrole nitrogens is 1. The van der Waals surface area contributed by atoms with Crippen molar-refractivity contribution in [1.82, 2.24) is 9.97 Å². The van der Waals surface area contributed by atoms with Crippen LogP contribution >= 0.6 is 11.3 Å². The maximum Gasteiger partial charge on any atom is 0.339 e. The van der Waals surface area contributed by atoms with Gasteiger partial charge < -0.3 is 14.6 Å². The molecule has 1 aliphatic heterocycles. The van der Waals surface area contributed by atoms with E-state index in [4.69, 9.17) is 9.72 Å². The molecule has 2 aromatic heterocycles. The average Bonchev–Trinajstić information content (AvgIpc) is 3.28. The van der Waals surface area contributed by atoms with Crippen LogP contribution < -0.4 is 4.90 Å². The maximum atomic E-state index is 13.0. The summed E-state index contributed by atoms with van der Waals surface area (Å²) in [4.78, 5) is 34.2. The minimum Gasteiger partial charge on any atom is -0.465 e. The van der Waals surface area contributed by atoms with Crippen LogP contribution in [0.2, 0.25) is 0 Å². The van der Waals surface area contributed by atoms with E-state index in [2.05, 4.69) is 17.1 Å². The first-order valence-electron chi connectivity index (χ1n) is 9.97. The van der Waals surface area contributed by atoms with Crippen LogP contribution in [0, 0.1) is 13.8 Å². The number of piperidine rings is 1. The summed E-state index contributed by atoms with van der Waals surface area (Å²) >= 11 is 1.77. The van der Waals surface area contributed by atoms with E-state index >= 15 is 0 Å². The normalized spacial score (nSPS) is 19.4. The molecule has 0 aliphatic carbocycles. The third-order valence-electron chi connectivity index (χ3n) is 5.79. The molecule has 0 spiro atoms. The highest BCUT2D eigenvalue weighted by atomic mass is 32.1. The molecule has 0 amide bonds. The van der Waals surface area contributed by atoms with Gasteiger partial charge in [0.05, 0.1) is 47.6 Å². The molecule has 3 heterocycles. The van der Waals surface area contributed by atoms with Crippen LogP contribution in [0.15, 0.2) is 24.3 Å². The smallest absolute Gasteiger partial charge is 0.339 e. The number of nitrogens with zero attached hydrogens (tertiary/aromatic N) is 1. The fraction of sp³-hybridized carbons (Fsp3) is 0.409. The molecule has 4 rings (SSSR count). The number of nitrogens with one attached hydrogen (secondary N) is 2. The van der Waals surface area contributed by atoms with Gasteiger partial charge in [-0.2, -0.15) is 0 Å². The van der Waals surface area contributed by atoms with Crippen LogP contribution in [-0.4, -0.2) is 48.5 Å². The topological polar surface area (TPSA) is 76.5 Å². The number of ether oxygens (including phenoxy) is 1. The molecule has 2 atom stereocenters. The number of hydrogen-bond acceptors (Lipinski definition) is 5. The van der Waals surface area contributed by atoms with Crippen molar-refractivity contribution >= 4 is 33.3 Å². The number of carbonyl (C=O) groups excluding carboxylic acids is 2. The van der Waals surface area contributed by atoms with Crippen molar-refractivity contribution in [2.24, 2.45) is 0 Å². The zero-order valence-electron chi connectivity index (χ0n) is 17.0. The van der Waals surface area contributed by atoms with Crippen LogP contribution in [0.4, 0.5) is 0 Å². The number of rotatable bonds is 5. The summed E-state index contributed by atoms with van der Waals surface area (Å²) in [5, 5.41) is 1.18. The Labute approximate surface area is 173 Å². The zero-order valence-corrected chi connectivity index (χ0v) is 17.8. The van der Waals surface area contributed by atoms with Crippen molar-refractivity contribution in [2.45, 2.75) is 32.6 Å². The minimum atomic E-state index is -0.406. The standard InChI is InChI=1S/C22H25N3O3S/c1-13-19(22(27)28-3)14(2)23-20(13)17(26)12-25-10-6-7-15(11-25)21-24-16-8-4-5-9-18(16)29-21/h4-5,8-9,15,23H,6-7,10-12H2,1-3H3/p+1/t15-/m1/s1. The zero-order chi connectivity index (χ0) is 20.5. The number of thiazole rings is 1. The summed E-state index contributed by atoms with van der Waals surface area (Å²) < 4.78 is 6.07. The molecule has 29 heavy (non-hydrogen) atoms. The fourth-order valence-corrected chi connectivity index (χ4v) is 5.44. The predicted molar refractivity (Wildman–Crippen MR) is 113 cm³/mol. The molecule has 0 saturated carbocycles. The highest BCUT2D eigenvalue weighted by Gasteiger charge is 2.30. The Kier molecular flexibility index (Phi) is 5.52. The number of carbonyl (C=O) groups is 2. The molecule has 3 aromatic rings. The van der Waals surface area contributed by atoms with Gasteiger partial charge in [-0.1, -0.05) is 12.1 Å². The van der Waals surface area contributed by atoms with E-state index in [0.29, 0.717) is 35.0 Å². The van der Waals surface area contributed by atoms with Gasteiger partial charge in [-0.05, 0) is 44.4 Å². The Hall–Kier alpha value is -2.51. The van der Waals surface area contributed by atoms with Crippen LogP contribution in [0.25, 0.3) is 10.2 Å². The van der Waals surface area contributed by atoms with Crippen molar-refractivity contribution in [3.8, 4) is 0 Å². The summed E-state index contributed by atoms with van der Waals surface area (Å²) in [5.74, 6) is 0.0262. The first kappa shape index (κ1) is 19.8. The SMILES string of the molecule is COC(=O)c1c(C)[nH]c(C(=O)C[NH+]2CCC[C@@H](c3nc4ccccc4s3)C2)c1C.